The van der Waals surface area contributed by atoms with E-state index in [4.69, 9.17) is 10.1 Å². The molecule has 1 aliphatic carbocycles. The third kappa shape index (κ3) is 3.57. The maximum absolute atomic E-state index is 13.6. The first-order valence-electron chi connectivity index (χ1n) is 10.6. The Morgan fingerprint density at radius 3 is 2.59 bits per heavy atom. The fraction of sp³-hybridized carbons (Fsp3) is 0.250. The van der Waals surface area contributed by atoms with Crippen molar-refractivity contribution in [1.82, 2.24) is 19.6 Å². The lowest BCUT2D eigenvalue weighted by Gasteiger charge is -2.12. The molecule has 4 aromatic rings. The number of carboxylic acids is 1. The number of aromatic carboxylic acids is 1. The van der Waals surface area contributed by atoms with Crippen LogP contribution in [-0.4, -0.2) is 36.7 Å². The number of nitrogens with one attached hydrogen (secondary N) is 1. The summed E-state index contributed by atoms with van der Waals surface area (Å²) in [5.74, 6) is -0.805. The number of pyridine rings is 1. The molecule has 0 spiro atoms. The second-order valence-electron chi connectivity index (χ2n) is 8.06. The lowest BCUT2D eigenvalue weighted by Crippen LogP contribution is -2.16. The molecule has 8 heteroatoms. The van der Waals surface area contributed by atoms with E-state index >= 15 is 0 Å². The molecule has 0 amide bonds. The van der Waals surface area contributed by atoms with Crippen LogP contribution in [-0.2, 0) is 0 Å². The van der Waals surface area contributed by atoms with Gasteiger partial charge in [-0.2, -0.15) is 5.10 Å². The minimum Gasteiger partial charge on any atom is -0.478 e. The van der Waals surface area contributed by atoms with Crippen LogP contribution in [0.4, 0.5) is 10.3 Å². The number of benzene rings is 1. The zero-order valence-corrected chi connectivity index (χ0v) is 17.5. The van der Waals surface area contributed by atoms with Crippen LogP contribution < -0.4 is 5.32 Å². The first-order chi connectivity index (χ1) is 15.5. The molecule has 3 aromatic heterocycles. The van der Waals surface area contributed by atoms with E-state index < -0.39 is 5.97 Å². The highest BCUT2D eigenvalue weighted by Crippen LogP contribution is 2.35. The first kappa shape index (κ1) is 20.1. The largest absolute Gasteiger partial charge is 0.478 e. The van der Waals surface area contributed by atoms with Crippen LogP contribution in [0.5, 0.6) is 0 Å². The number of hydrogen-bond acceptors (Lipinski definition) is 5. The molecule has 1 aromatic carbocycles. The zero-order valence-electron chi connectivity index (χ0n) is 17.5. The molecule has 0 radical (unpaired) electrons. The maximum atomic E-state index is 13.6. The third-order valence-electron chi connectivity index (χ3n) is 5.98. The van der Waals surface area contributed by atoms with E-state index in [1.165, 1.54) is 25.0 Å². The third-order valence-corrected chi connectivity index (χ3v) is 5.98. The highest BCUT2D eigenvalue weighted by Gasteiger charge is 2.22. The molecule has 1 saturated carbocycles. The van der Waals surface area contributed by atoms with Gasteiger partial charge in [0.1, 0.15) is 11.5 Å². The van der Waals surface area contributed by atoms with Crippen molar-refractivity contribution in [1.29, 1.82) is 0 Å². The van der Waals surface area contributed by atoms with Gasteiger partial charge in [0, 0.05) is 17.8 Å². The van der Waals surface area contributed by atoms with Crippen LogP contribution in [0.3, 0.4) is 0 Å². The summed E-state index contributed by atoms with van der Waals surface area (Å²) in [5.41, 5.74) is 4.11. The van der Waals surface area contributed by atoms with Gasteiger partial charge in [0.25, 0.3) is 0 Å². The minimum absolute atomic E-state index is 0.170. The summed E-state index contributed by atoms with van der Waals surface area (Å²) in [7, 11) is 0. The van der Waals surface area contributed by atoms with Crippen LogP contribution in [0.2, 0.25) is 0 Å². The van der Waals surface area contributed by atoms with E-state index in [1.54, 1.807) is 41.9 Å². The first-order valence-corrected chi connectivity index (χ1v) is 10.6. The van der Waals surface area contributed by atoms with Gasteiger partial charge in [-0.25, -0.2) is 23.7 Å². The van der Waals surface area contributed by atoms with Crippen molar-refractivity contribution in [3.05, 3.63) is 65.7 Å². The number of halogens is 1. The van der Waals surface area contributed by atoms with Gasteiger partial charge in [-0.1, -0.05) is 12.8 Å². The zero-order chi connectivity index (χ0) is 22.2. The lowest BCUT2D eigenvalue weighted by atomic mass is 10.0. The average molecular weight is 431 g/mol. The molecular formula is C24H22FN5O2. The Morgan fingerprint density at radius 1 is 1.12 bits per heavy atom. The molecule has 32 heavy (non-hydrogen) atoms. The summed E-state index contributed by atoms with van der Waals surface area (Å²) < 4.78 is 15.2. The maximum Gasteiger partial charge on any atom is 0.337 e. The number of rotatable bonds is 5. The Balaban J connectivity index is 1.70. The van der Waals surface area contributed by atoms with Crippen LogP contribution in [0.15, 0.2) is 48.7 Å². The van der Waals surface area contributed by atoms with Gasteiger partial charge in [-0.05, 0) is 62.2 Å². The number of hydrogen-bond donors (Lipinski definition) is 2. The number of aromatic nitrogens is 4. The molecule has 0 aliphatic heterocycles. The molecule has 5 rings (SSSR count). The second kappa shape index (κ2) is 8.03. The summed E-state index contributed by atoms with van der Waals surface area (Å²) in [6.07, 6.45) is 6.30. The summed E-state index contributed by atoms with van der Waals surface area (Å²) in [6.45, 7) is 1.72. The van der Waals surface area contributed by atoms with Gasteiger partial charge in [0.2, 0.25) is 5.95 Å². The van der Waals surface area contributed by atoms with Crippen LogP contribution in [0.1, 0.15) is 41.7 Å². The van der Waals surface area contributed by atoms with Crippen molar-refractivity contribution in [3.63, 3.8) is 0 Å². The second-order valence-corrected chi connectivity index (χ2v) is 8.06. The van der Waals surface area contributed by atoms with E-state index in [0.717, 1.165) is 23.9 Å². The standard InChI is InChI=1S/C24H22FN5O2/c1-14-18(23(31)32)10-11-20-21(22(29-30(14)20)15-6-8-16(25)9-7-15)19-12-13-26-24(28-19)27-17-4-2-3-5-17/h6-13,17H,2-5H2,1H3,(H,31,32)(H,26,27,28). The van der Waals surface area contributed by atoms with Gasteiger partial charge in [-0.3, -0.25) is 0 Å². The molecule has 1 fully saturated rings. The summed E-state index contributed by atoms with van der Waals surface area (Å²) in [5, 5.41) is 17.7. The number of fused-ring (bicyclic) bond motifs is 1. The number of nitrogens with zero attached hydrogens (tertiary/aromatic N) is 4. The Bertz CT molecular complexity index is 1310. The number of carbonyl (C=O) groups is 1. The van der Waals surface area contributed by atoms with Gasteiger partial charge < -0.3 is 10.4 Å². The molecule has 1 aliphatic rings. The van der Waals surface area contributed by atoms with Crippen molar-refractivity contribution in [2.45, 2.75) is 38.6 Å². The predicted octanol–water partition coefficient (Wildman–Crippen LogP) is 4.96. The fourth-order valence-electron chi connectivity index (χ4n) is 4.35. The molecule has 3 heterocycles. The van der Waals surface area contributed by atoms with Crippen molar-refractivity contribution < 1.29 is 14.3 Å². The average Bonchev–Trinajstić information content (AvgIpc) is 3.42. The van der Waals surface area contributed by atoms with Crippen molar-refractivity contribution in [2.75, 3.05) is 5.32 Å². The van der Waals surface area contributed by atoms with E-state index in [-0.39, 0.29) is 11.4 Å². The highest BCUT2D eigenvalue weighted by atomic mass is 19.1. The van der Waals surface area contributed by atoms with E-state index in [2.05, 4.69) is 10.3 Å². The van der Waals surface area contributed by atoms with Crippen molar-refractivity contribution >= 4 is 17.4 Å². The number of carboxylic acid groups (broad SMARTS) is 1. The monoisotopic (exact) mass is 431 g/mol. The Morgan fingerprint density at radius 2 is 1.88 bits per heavy atom. The normalized spacial score (nSPS) is 14.2. The highest BCUT2D eigenvalue weighted by molar-refractivity contribution is 5.94. The van der Waals surface area contributed by atoms with E-state index in [1.807, 2.05) is 6.07 Å². The molecule has 7 nitrogen and oxygen atoms in total. The number of aryl methyl sites for hydroxylation is 1. The van der Waals surface area contributed by atoms with Gasteiger partial charge in [-0.15, -0.1) is 0 Å². The Labute approximate surface area is 184 Å². The molecule has 0 unspecified atom stereocenters. The van der Waals surface area contributed by atoms with Crippen LogP contribution in [0, 0.1) is 12.7 Å². The summed E-state index contributed by atoms with van der Waals surface area (Å²) in [6, 6.07) is 11.6. The van der Waals surface area contributed by atoms with E-state index in [0.29, 0.717) is 34.6 Å². The Hall–Kier alpha value is -3.81. The Kier molecular flexibility index (Phi) is 5.05. The molecule has 0 saturated heterocycles. The molecule has 2 N–H and O–H groups in total. The fourth-order valence-corrected chi connectivity index (χ4v) is 4.35. The SMILES string of the molecule is Cc1c(C(=O)O)ccc2c(-c3ccnc(NC4CCCC4)n3)c(-c3ccc(F)cc3)nn12. The van der Waals surface area contributed by atoms with Crippen molar-refractivity contribution in [3.8, 4) is 22.5 Å². The van der Waals surface area contributed by atoms with Gasteiger partial charge >= 0.3 is 5.97 Å². The summed E-state index contributed by atoms with van der Waals surface area (Å²) in [4.78, 5) is 20.8. The molecule has 0 bridgehead atoms. The van der Waals surface area contributed by atoms with Crippen LogP contribution >= 0.6 is 0 Å². The van der Waals surface area contributed by atoms with E-state index in [9.17, 15) is 14.3 Å². The lowest BCUT2D eigenvalue weighted by molar-refractivity contribution is 0.0695. The number of anilines is 1. The van der Waals surface area contributed by atoms with Gasteiger partial charge in [0.15, 0.2) is 0 Å². The summed E-state index contributed by atoms with van der Waals surface area (Å²) >= 11 is 0. The minimum atomic E-state index is -1.02. The molecule has 0 atom stereocenters. The van der Waals surface area contributed by atoms with Crippen LogP contribution in [0.25, 0.3) is 28.0 Å². The predicted molar refractivity (Wildman–Crippen MR) is 119 cm³/mol. The quantitative estimate of drug-likeness (QED) is 0.464. The smallest absolute Gasteiger partial charge is 0.337 e. The van der Waals surface area contributed by atoms with Crippen molar-refractivity contribution in [2.24, 2.45) is 0 Å². The topological polar surface area (TPSA) is 92.4 Å². The molecule has 162 valence electrons. The van der Waals surface area contributed by atoms with Gasteiger partial charge in [0.05, 0.1) is 28.0 Å². The molecular weight excluding hydrogens is 409 g/mol.